The molecule has 1 saturated heterocycles. The summed E-state index contributed by atoms with van der Waals surface area (Å²) in [4.78, 5) is 70.1. The van der Waals surface area contributed by atoms with E-state index in [-0.39, 0.29) is 28.9 Å². The third-order valence-electron chi connectivity index (χ3n) is 5.16. The van der Waals surface area contributed by atoms with Gasteiger partial charge in [0, 0.05) is 18.0 Å². The molecule has 0 radical (unpaired) electrons. The number of carbonyl (C=O) groups excluding carboxylic acids is 5. The number of anilines is 1. The summed E-state index contributed by atoms with van der Waals surface area (Å²) in [7, 11) is 0. The average molecular weight is 491 g/mol. The van der Waals surface area contributed by atoms with Gasteiger partial charge in [-0.3, -0.25) is 29.6 Å². The molecule has 36 heavy (non-hydrogen) atoms. The van der Waals surface area contributed by atoms with E-state index >= 15 is 0 Å². The first-order valence-corrected chi connectivity index (χ1v) is 10.6. The highest BCUT2D eigenvalue weighted by molar-refractivity contribution is 6.22. The van der Waals surface area contributed by atoms with E-state index < -0.39 is 47.9 Å². The van der Waals surface area contributed by atoms with Crippen molar-refractivity contribution in [2.24, 2.45) is 0 Å². The number of hydrogen-bond acceptors (Lipinski definition) is 9. The van der Waals surface area contributed by atoms with Crippen LogP contribution in [-0.2, 0) is 14.3 Å². The number of aromatic nitrogens is 2. The molecule has 0 aliphatic carbocycles. The minimum absolute atomic E-state index is 0.0282. The van der Waals surface area contributed by atoms with Crippen LogP contribution in [0.5, 0.6) is 0 Å². The third kappa shape index (κ3) is 5.45. The summed E-state index contributed by atoms with van der Waals surface area (Å²) >= 11 is 0. The molecule has 1 unspecified atom stereocenters. The molecule has 2 N–H and O–H groups in total. The summed E-state index contributed by atoms with van der Waals surface area (Å²) in [5.74, 6) is -3.51. The van der Waals surface area contributed by atoms with Crippen LogP contribution in [0, 0.1) is 5.82 Å². The molecule has 182 valence electrons. The Morgan fingerprint density at radius 1 is 1.00 bits per heavy atom. The van der Waals surface area contributed by atoms with E-state index in [4.69, 9.17) is 4.74 Å². The topological polar surface area (TPSA) is 148 Å². The lowest BCUT2D eigenvalue weighted by Crippen LogP contribution is -2.48. The zero-order valence-corrected chi connectivity index (χ0v) is 18.5. The van der Waals surface area contributed by atoms with Gasteiger partial charge in [0.15, 0.2) is 12.4 Å². The van der Waals surface area contributed by atoms with Gasteiger partial charge in [-0.25, -0.2) is 24.5 Å². The maximum Gasteiger partial charge on any atom is 0.338 e. The van der Waals surface area contributed by atoms with Crippen LogP contribution in [0.25, 0.3) is 0 Å². The predicted octanol–water partition coefficient (Wildman–Crippen LogP) is 1.22. The van der Waals surface area contributed by atoms with Gasteiger partial charge in [0.1, 0.15) is 17.6 Å². The number of benzene rings is 2. The number of hydrazine groups is 1. The lowest BCUT2D eigenvalue weighted by Gasteiger charge is -2.16. The number of carbonyl (C=O) groups is 5. The Bertz CT molecular complexity index is 1320. The number of ketones is 1. The number of ether oxygens (including phenoxy) is 1. The summed E-state index contributed by atoms with van der Waals surface area (Å²) in [5.41, 5.74) is 5.39. The van der Waals surface area contributed by atoms with Crippen LogP contribution in [-0.4, -0.2) is 52.1 Å². The van der Waals surface area contributed by atoms with Crippen molar-refractivity contribution in [3.63, 3.8) is 0 Å². The molecule has 2 aromatic carbocycles. The Morgan fingerprint density at radius 2 is 1.69 bits per heavy atom. The maximum atomic E-state index is 13.0. The lowest BCUT2D eigenvalue weighted by atomic mass is 10.1. The van der Waals surface area contributed by atoms with E-state index in [1.807, 2.05) is 0 Å². The molecular weight excluding hydrogens is 473 g/mol. The van der Waals surface area contributed by atoms with Crippen molar-refractivity contribution in [3.05, 3.63) is 89.8 Å². The zero-order chi connectivity index (χ0) is 25.7. The van der Waals surface area contributed by atoms with Crippen molar-refractivity contribution < 1.29 is 33.1 Å². The van der Waals surface area contributed by atoms with Crippen molar-refractivity contribution in [3.8, 4) is 0 Å². The normalized spacial score (nSPS) is 15.0. The van der Waals surface area contributed by atoms with Gasteiger partial charge in [-0.15, -0.1) is 0 Å². The lowest BCUT2D eigenvalue weighted by molar-refractivity contribution is -0.121. The van der Waals surface area contributed by atoms with Crippen LogP contribution in [0.3, 0.4) is 0 Å². The molecule has 1 aromatic heterocycles. The Kier molecular flexibility index (Phi) is 7.16. The molecule has 4 rings (SSSR count). The number of amides is 3. The maximum absolute atomic E-state index is 13.0. The predicted molar refractivity (Wildman–Crippen MR) is 121 cm³/mol. The van der Waals surface area contributed by atoms with Gasteiger partial charge in [0.2, 0.25) is 5.91 Å². The molecule has 1 aliphatic rings. The van der Waals surface area contributed by atoms with Crippen molar-refractivity contribution in [1.29, 1.82) is 0 Å². The molecule has 2 heterocycles. The van der Waals surface area contributed by atoms with E-state index in [9.17, 15) is 28.4 Å². The number of halogens is 1. The molecule has 3 aromatic rings. The van der Waals surface area contributed by atoms with Gasteiger partial charge in [-0.2, -0.15) is 0 Å². The fourth-order valence-corrected chi connectivity index (χ4v) is 3.33. The molecule has 11 nitrogen and oxygen atoms in total. The highest BCUT2D eigenvalue weighted by atomic mass is 19.1. The fraction of sp³-hybridized carbons (Fsp3) is 0.125. The van der Waals surface area contributed by atoms with Gasteiger partial charge in [0.25, 0.3) is 11.8 Å². The van der Waals surface area contributed by atoms with Crippen LogP contribution >= 0.6 is 0 Å². The van der Waals surface area contributed by atoms with E-state index in [0.29, 0.717) is 0 Å². The fourth-order valence-electron chi connectivity index (χ4n) is 3.33. The number of nitrogens with zero attached hydrogens (tertiary/aromatic N) is 3. The van der Waals surface area contributed by atoms with Crippen LogP contribution < -0.4 is 15.8 Å². The van der Waals surface area contributed by atoms with Crippen LogP contribution in [0.15, 0.2) is 67.1 Å². The van der Waals surface area contributed by atoms with Crippen LogP contribution in [0.1, 0.15) is 37.6 Å². The molecule has 12 heteroatoms. The molecule has 0 spiro atoms. The number of esters is 1. The van der Waals surface area contributed by atoms with Crippen molar-refractivity contribution >= 4 is 35.2 Å². The number of rotatable bonds is 8. The van der Waals surface area contributed by atoms with Crippen LogP contribution in [0.4, 0.5) is 10.1 Å². The van der Waals surface area contributed by atoms with Gasteiger partial charge < -0.3 is 4.74 Å². The Hall–Kier alpha value is -4.84. The monoisotopic (exact) mass is 491 g/mol. The second-order valence-electron chi connectivity index (χ2n) is 7.57. The highest BCUT2D eigenvalue weighted by Gasteiger charge is 2.39. The first-order valence-electron chi connectivity index (χ1n) is 10.6. The van der Waals surface area contributed by atoms with E-state index in [2.05, 4.69) is 20.8 Å². The molecular formula is C24H18FN5O6. The van der Waals surface area contributed by atoms with E-state index in [1.165, 1.54) is 55.0 Å². The van der Waals surface area contributed by atoms with Gasteiger partial charge in [0.05, 0.1) is 23.9 Å². The number of Topliss-reactive ketones (excluding diaryl/α,β-unsaturated/α-hetero) is 1. The molecule has 1 fully saturated rings. The average Bonchev–Trinajstić information content (AvgIpc) is 3.19. The summed E-state index contributed by atoms with van der Waals surface area (Å²) in [5, 5.41) is 0. The highest BCUT2D eigenvalue weighted by Crippen LogP contribution is 2.23. The zero-order valence-electron chi connectivity index (χ0n) is 18.5. The van der Waals surface area contributed by atoms with E-state index in [0.717, 1.165) is 17.0 Å². The minimum atomic E-state index is -1.000. The SMILES string of the molecule is O=C(COC(=O)c1ccc(N2C(=O)CC(NNC(=O)c3cnccn3)C2=O)cc1)c1ccc(F)cc1. The van der Waals surface area contributed by atoms with Gasteiger partial charge in [-0.05, 0) is 48.5 Å². The summed E-state index contributed by atoms with van der Waals surface area (Å²) < 4.78 is 18.0. The second kappa shape index (κ2) is 10.6. The van der Waals surface area contributed by atoms with Crippen LogP contribution in [0.2, 0.25) is 0 Å². The number of imide groups is 1. The first-order chi connectivity index (χ1) is 17.3. The molecule has 0 bridgehead atoms. The quantitative estimate of drug-likeness (QED) is 0.205. The number of nitrogens with one attached hydrogen (secondary N) is 2. The number of hydrogen-bond donors (Lipinski definition) is 2. The summed E-state index contributed by atoms with van der Waals surface area (Å²) in [6.45, 7) is -0.539. The van der Waals surface area contributed by atoms with E-state index in [1.54, 1.807) is 0 Å². The Morgan fingerprint density at radius 3 is 2.36 bits per heavy atom. The third-order valence-corrected chi connectivity index (χ3v) is 5.16. The molecule has 0 saturated carbocycles. The Balaban J connectivity index is 1.33. The Labute approximate surface area is 203 Å². The molecule has 1 atom stereocenters. The summed E-state index contributed by atoms with van der Waals surface area (Å²) in [6.07, 6.45) is 3.79. The molecule has 3 amide bonds. The van der Waals surface area contributed by atoms with Gasteiger partial charge in [-0.1, -0.05) is 0 Å². The van der Waals surface area contributed by atoms with Crippen molar-refractivity contribution in [2.45, 2.75) is 12.5 Å². The standard InChI is InChI=1S/C24H18FN5O6/c25-16-5-1-14(2-6-16)20(31)13-36-24(35)15-3-7-17(8-4-15)30-21(32)11-18(23(30)34)28-29-22(33)19-12-26-9-10-27-19/h1-10,12,18,28H,11,13H2,(H,29,33). The first kappa shape index (κ1) is 24.3. The second-order valence-corrected chi connectivity index (χ2v) is 7.57. The van der Waals surface area contributed by atoms with Crippen molar-refractivity contribution in [2.75, 3.05) is 11.5 Å². The molecule has 1 aliphatic heterocycles. The minimum Gasteiger partial charge on any atom is -0.454 e. The largest absolute Gasteiger partial charge is 0.454 e. The van der Waals surface area contributed by atoms with Gasteiger partial charge >= 0.3 is 5.97 Å². The smallest absolute Gasteiger partial charge is 0.338 e. The van der Waals surface area contributed by atoms with Crippen molar-refractivity contribution in [1.82, 2.24) is 20.8 Å². The summed E-state index contributed by atoms with van der Waals surface area (Å²) in [6, 6.07) is 9.28.